The third-order valence-electron chi connectivity index (χ3n) is 6.77. The van der Waals surface area contributed by atoms with Crippen molar-refractivity contribution in [3.8, 4) is 5.75 Å². The van der Waals surface area contributed by atoms with E-state index in [1.165, 1.54) is 25.7 Å². The molecule has 1 saturated carbocycles. The number of fused-ring (bicyclic) bond motifs is 2. The van der Waals surface area contributed by atoms with Crippen LogP contribution >= 0.6 is 7.82 Å². The van der Waals surface area contributed by atoms with Gasteiger partial charge in [0.1, 0.15) is 18.0 Å². The van der Waals surface area contributed by atoms with Gasteiger partial charge in [0.05, 0.1) is 12.6 Å². The van der Waals surface area contributed by atoms with E-state index in [1.54, 1.807) is 43.8 Å². The number of phosphoric acid groups is 1. The Morgan fingerprint density at radius 2 is 1.91 bits per heavy atom. The Morgan fingerprint density at radius 1 is 1.18 bits per heavy atom. The summed E-state index contributed by atoms with van der Waals surface area (Å²) in [5.41, 5.74) is 1.49. The molecule has 0 unspecified atom stereocenters. The quantitative estimate of drug-likeness (QED) is 0.478. The number of hydrogen-bond acceptors (Lipinski definition) is 5. The minimum atomic E-state index is -4.80. The lowest BCUT2D eigenvalue weighted by Gasteiger charge is -2.41. The molecule has 2 heterocycles. The third kappa shape index (κ3) is 5.26. The molecule has 2 aromatic rings. The second-order valence-electron chi connectivity index (χ2n) is 9.23. The second kappa shape index (κ2) is 9.49. The number of amides is 1. The molecule has 1 aliphatic carbocycles. The zero-order chi connectivity index (χ0) is 23.8. The molecular formula is C23H32N3O6P. The number of hydrogen-bond donors (Lipinski definition) is 2. The van der Waals surface area contributed by atoms with Crippen molar-refractivity contribution in [3.63, 3.8) is 0 Å². The molecule has 1 saturated heterocycles. The predicted octanol–water partition coefficient (Wildman–Crippen LogP) is 3.94. The van der Waals surface area contributed by atoms with E-state index >= 15 is 0 Å². The molecule has 180 valence electrons. The minimum absolute atomic E-state index is 0.00699. The number of ether oxygens (including phenoxy) is 1. The second-order valence-corrected chi connectivity index (χ2v) is 10.4. The van der Waals surface area contributed by atoms with E-state index in [2.05, 4.69) is 5.10 Å². The molecule has 33 heavy (non-hydrogen) atoms. The summed E-state index contributed by atoms with van der Waals surface area (Å²) in [7, 11) is -3.24. The van der Waals surface area contributed by atoms with E-state index in [1.807, 2.05) is 4.90 Å². The number of carbonyl (C=O) groups excluding carboxylic acids is 1. The first kappa shape index (κ1) is 23.8. The Morgan fingerprint density at radius 3 is 2.58 bits per heavy atom. The van der Waals surface area contributed by atoms with E-state index in [0.29, 0.717) is 28.1 Å². The van der Waals surface area contributed by atoms with E-state index in [9.17, 15) is 19.1 Å². The van der Waals surface area contributed by atoms with Crippen LogP contribution in [0, 0.1) is 11.8 Å². The van der Waals surface area contributed by atoms with Gasteiger partial charge in [0, 0.05) is 24.5 Å². The number of aromatic nitrogens is 2. The largest absolute Gasteiger partial charge is 0.524 e. The van der Waals surface area contributed by atoms with Crippen LogP contribution in [0.4, 0.5) is 0 Å². The normalized spacial score (nSPS) is 20.9. The fourth-order valence-corrected chi connectivity index (χ4v) is 5.62. The molecule has 0 spiro atoms. The Balaban J connectivity index is 1.66. The summed E-state index contributed by atoms with van der Waals surface area (Å²) in [5.74, 6) is 1.91. The van der Waals surface area contributed by atoms with Crippen molar-refractivity contribution in [1.29, 1.82) is 0 Å². The maximum absolute atomic E-state index is 13.2. The maximum atomic E-state index is 13.2. The van der Waals surface area contributed by atoms with Gasteiger partial charge in [-0.1, -0.05) is 19.3 Å². The molecule has 2 atom stereocenters. The summed E-state index contributed by atoms with van der Waals surface area (Å²) in [6.45, 7) is 4.97. The number of nitrogens with zero attached hydrogens (tertiary/aromatic N) is 3. The molecule has 0 bridgehead atoms. The number of carbonyl (C=O) groups is 1. The highest BCUT2D eigenvalue weighted by molar-refractivity contribution is 7.46. The van der Waals surface area contributed by atoms with Gasteiger partial charge in [-0.3, -0.25) is 19.3 Å². The Hall–Kier alpha value is -2.35. The lowest BCUT2D eigenvalue weighted by Crippen LogP contribution is -2.45. The van der Waals surface area contributed by atoms with Crippen LogP contribution in [0.25, 0.3) is 16.7 Å². The first-order valence-corrected chi connectivity index (χ1v) is 12.9. The molecule has 4 rings (SSSR count). The monoisotopic (exact) mass is 477 g/mol. The summed E-state index contributed by atoms with van der Waals surface area (Å²) in [6.07, 6.45) is 6.03. The number of piperidine rings is 1. The molecule has 2 aliphatic rings. The maximum Gasteiger partial charge on any atom is 0.524 e. The van der Waals surface area contributed by atoms with Crippen LogP contribution in [0.15, 0.2) is 23.8 Å². The van der Waals surface area contributed by atoms with Gasteiger partial charge in [0.15, 0.2) is 5.76 Å². The minimum Gasteiger partial charge on any atom is -0.497 e. The van der Waals surface area contributed by atoms with Crippen molar-refractivity contribution in [1.82, 2.24) is 14.7 Å². The Bertz CT molecular complexity index is 1120. The highest BCUT2D eigenvalue weighted by atomic mass is 31.2. The smallest absolute Gasteiger partial charge is 0.497 e. The van der Waals surface area contributed by atoms with Crippen molar-refractivity contribution in [3.05, 3.63) is 29.5 Å². The van der Waals surface area contributed by atoms with Crippen molar-refractivity contribution < 1.29 is 28.4 Å². The molecule has 1 aromatic heterocycles. The van der Waals surface area contributed by atoms with E-state index in [0.717, 1.165) is 25.4 Å². The highest BCUT2D eigenvalue weighted by Crippen LogP contribution is 2.44. The fraction of sp³-hybridized carbons (Fsp3) is 0.565. The first-order chi connectivity index (χ1) is 15.7. The zero-order valence-corrected chi connectivity index (χ0v) is 20.3. The summed E-state index contributed by atoms with van der Waals surface area (Å²) in [6, 6.07) is 5.27. The van der Waals surface area contributed by atoms with Crippen molar-refractivity contribution in [2.45, 2.75) is 52.5 Å². The summed E-state index contributed by atoms with van der Waals surface area (Å²) < 4.78 is 23.5. The lowest BCUT2D eigenvalue weighted by atomic mass is 9.75. The number of likely N-dealkylation sites (tertiary alicyclic amines) is 1. The average molecular weight is 477 g/mol. The van der Waals surface area contributed by atoms with Crippen LogP contribution in [0.5, 0.6) is 5.75 Å². The van der Waals surface area contributed by atoms with Gasteiger partial charge >= 0.3 is 7.82 Å². The fourth-order valence-electron chi connectivity index (χ4n) is 5.11. The van der Waals surface area contributed by atoms with Crippen molar-refractivity contribution in [2.75, 3.05) is 20.2 Å². The Kier molecular flexibility index (Phi) is 6.84. The van der Waals surface area contributed by atoms with Gasteiger partial charge in [0.25, 0.3) is 0 Å². The third-order valence-corrected chi connectivity index (χ3v) is 7.19. The standard InChI is InChI=1S/C23H32N3O6P/c1-15(2)23(32-33(28,29)30)22-19-9-8-18(31-3)12-20(19)26(24-22)14-21(27)25-11-10-16-6-4-5-7-17(16)13-25/h8-9,12,16-17H,4-7,10-11,13-14H2,1-3H3,(H2,28,29,30)/t16-,17-/m1/s1. The van der Waals surface area contributed by atoms with E-state index in [4.69, 9.17) is 9.26 Å². The lowest BCUT2D eigenvalue weighted by molar-refractivity contribution is -0.135. The zero-order valence-electron chi connectivity index (χ0n) is 19.4. The number of phosphoric ester groups is 1. The SMILES string of the molecule is COc1ccc2c(C(OP(=O)(O)O)=C(C)C)nn(CC(=O)N3CC[C@H]4CCCC[C@@H]4C3)c2c1. The summed E-state index contributed by atoms with van der Waals surface area (Å²) in [4.78, 5) is 34.0. The molecule has 9 nitrogen and oxygen atoms in total. The molecule has 1 aromatic carbocycles. The van der Waals surface area contributed by atoms with Gasteiger partial charge in [-0.2, -0.15) is 5.10 Å². The van der Waals surface area contributed by atoms with E-state index < -0.39 is 7.82 Å². The first-order valence-electron chi connectivity index (χ1n) is 11.4. The van der Waals surface area contributed by atoms with Gasteiger partial charge in [0.2, 0.25) is 5.91 Å². The van der Waals surface area contributed by atoms with Crippen LogP contribution in [-0.4, -0.2) is 50.6 Å². The van der Waals surface area contributed by atoms with Crippen LogP contribution in [0.2, 0.25) is 0 Å². The number of benzene rings is 1. The number of methoxy groups -OCH3 is 1. The van der Waals surface area contributed by atoms with Crippen LogP contribution in [0.3, 0.4) is 0 Å². The molecule has 0 radical (unpaired) electrons. The number of allylic oxidation sites excluding steroid dienone is 1. The average Bonchev–Trinajstić information content (AvgIpc) is 3.13. The van der Waals surface area contributed by atoms with Gasteiger partial charge in [-0.15, -0.1) is 0 Å². The van der Waals surface area contributed by atoms with E-state index in [-0.39, 0.29) is 23.9 Å². The molecule has 1 aliphatic heterocycles. The van der Waals surface area contributed by atoms with Gasteiger partial charge in [-0.25, -0.2) is 4.57 Å². The molecular weight excluding hydrogens is 445 g/mol. The molecule has 10 heteroatoms. The van der Waals surface area contributed by atoms with Gasteiger partial charge in [-0.05, 0) is 56.2 Å². The molecule has 1 amide bonds. The topological polar surface area (TPSA) is 114 Å². The van der Waals surface area contributed by atoms with Crippen LogP contribution < -0.4 is 4.74 Å². The summed E-state index contributed by atoms with van der Waals surface area (Å²) >= 11 is 0. The van der Waals surface area contributed by atoms with Crippen LogP contribution in [-0.2, 0) is 20.4 Å². The van der Waals surface area contributed by atoms with Crippen molar-refractivity contribution >= 4 is 30.4 Å². The predicted molar refractivity (Wildman–Crippen MR) is 124 cm³/mol. The highest BCUT2D eigenvalue weighted by Gasteiger charge is 2.33. The molecule has 2 N–H and O–H groups in total. The van der Waals surface area contributed by atoms with Gasteiger partial charge < -0.3 is 14.2 Å². The summed E-state index contributed by atoms with van der Waals surface area (Å²) in [5, 5.41) is 5.20. The van der Waals surface area contributed by atoms with Crippen molar-refractivity contribution in [2.24, 2.45) is 11.8 Å². The Labute approximate surface area is 193 Å². The molecule has 2 fully saturated rings. The van der Waals surface area contributed by atoms with Crippen LogP contribution in [0.1, 0.15) is 51.6 Å². The number of rotatable bonds is 6.